The van der Waals surface area contributed by atoms with E-state index in [2.05, 4.69) is 5.32 Å². The molecule has 2 aromatic rings. The lowest BCUT2D eigenvalue weighted by Gasteiger charge is -2.26. The third-order valence-electron chi connectivity index (χ3n) is 4.02. The summed E-state index contributed by atoms with van der Waals surface area (Å²) in [6, 6.07) is 8.36. The Kier molecular flexibility index (Phi) is 5.51. The number of nitrogens with zero attached hydrogens (tertiary/aromatic N) is 1. The van der Waals surface area contributed by atoms with E-state index in [-0.39, 0.29) is 11.1 Å². The molecule has 2 aromatic carbocycles. The van der Waals surface area contributed by atoms with Crippen LogP contribution in [0.5, 0.6) is 11.5 Å². The van der Waals surface area contributed by atoms with Crippen molar-refractivity contribution in [2.45, 2.75) is 5.37 Å². The lowest BCUT2D eigenvalue weighted by molar-refractivity contribution is 0.213. The minimum Gasteiger partial charge on any atom is -0.493 e. The average molecular weight is 380 g/mol. The number of hydrogen-bond donors (Lipinski definition) is 1. The number of carbonyl (C=O) groups is 1. The van der Waals surface area contributed by atoms with Crippen LogP contribution >= 0.6 is 11.8 Å². The molecule has 0 saturated carbocycles. The molecule has 1 saturated heterocycles. The van der Waals surface area contributed by atoms with Crippen LogP contribution in [0.25, 0.3) is 0 Å². The molecule has 1 fully saturated rings. The number of hydrogen-bond acceptors (Lipinski definition) is 4. The van der Waals surface area contributed by atoms with Gasteiger partial charge in [-0.3, -0.25) is 0 Å². The molecule has 1 aliphatic heterocycles. The minimum atomic E-state index is -1.01. The highest BCUT2D eigenvalue weighted by Crippen LogP contribution is 2.45. The Morgan fingerprint density at radius 1 is 1.19 bits per heavy atom. The third-order valence-corrected chi connectivity index (χ3v) is 5.26. The SMILES string of the molecule is COc1cccc([C@H]2SCCN2C(=O)Nc2ccc(F)c(F)c2)c1OC. The molecule has 0 bridgehead atoms. The first kappa shape index (κ1) is 18.3. The molecular weight excluding hydrogens is 362 g/mol. The van der Waals surface area contributed by atoms with Crippen LogP contribution in [-0.2, 0) is 0 Å². The molecule has 138 valence electrons. The van der Waals surface area contributed by atoms with Gasteiger partial charge < -0.3 is 19.7 Å². The van der Waals surface area contributed by atoms with Crippen molar-refractivity contribution < 1.29 is 23.0 Å². The summed E-state index contributed by atoms with van der Waals surface area (Å²) in [5, 5.41) is 2.34. The van der Waals surface area contributed by atoms with Crippen LogP contribution in [0, 0.1) is 11.6 Å². The fraction of sp³-hybridized carbons (Fsp3) is 0.278. The Hall–Kier alpha value is -2.48. The van der Waals surface area contributed by atoms with E-state index >= 15 is 0 Å². The number of thioether (sulfide) groups is 1. The molecule has 1 aliphatic rings. The normalized spacial score (nSPS) is 16.5. The molecule has 1 N–H and O–H groups in total. The number of para-hydroxylation sites is 1. The maximum Gasteiger partial charge on any atom is 0.323 e. The molecule has 8 heteroatoms. The van der Waals surface area contributed by atoms with Gasteiger partial charge in [0.05, 0.1) is 14.2 Å². The zero-order valence-corrected chi connectivity index (χ0v) is 15.1. The summed E-state index contributed by atoms with van der Waals surface area (Å²) in [4.78, 5) is 14.3. The summed E-state index contributed by atoms with van der Waals surface area (Å²) in [6.07, 6.45) is 0. The topological polar surface area (TPSA) is 50.8 Å². The first-order valence-electron chi connectivity index (χ1n) is 7.90. The maximum atomic E-state index is 13.4. The predicted molar refractivity (Wildman–Crippen MR) is 96.8 cm³/mol. The van der Waals surface area contributed by atoms with Crippen LogP contribution < -0.4 is 14.8 Å². The maximum absolute atomic E-state index is 13.4. The fourth-order valence-electron chi connectivity index (χ4n) is 2.81. The van der Waals surface area contributed by atoms with Crippen LogP contribution in [0.4, 0.5) is 19.3 Å². The molecule has 1 atom stereocenters. The number of benzene rings is 2. The van der Waals surface area contributed by atoms with Gasteiger partial charge >= 0.3 is 6.03 Å². The van der Waals surface area contributed by atoms with Gasteiger partial charge in [0.2, 0.25) is 0 Å². The van der Waals surface area contributed by atoms with Crippen LogP contribution in [-0.4, -0.2) is 37.4 Å². The molecule has 26 heavy (non-hydrogen) atoms. The van der Waals surface area contributed by atoms with E-state index in [4.69, 9.17) is 9.47 Å². The van der Waals surface area contributed by atoms with Crippen molar-refractivity contribution in [3.8, 4) is 11.5 Å². The summed E-state index contributed by atoms with van der Waals surface area (Å²) >= 11 is 1.59. The minimum absolute atomic E-state index is 0.196. The van der Waals surface area contributed by atoms with Gasteiger partial charge in [-0.1, -0.05) is 12.1 Å². The van der Waals surface area contributed by atoms with Crippen molar-refractivity contribution in [2.75, 3.05) is 31.8 Å². The van der Waals surface area contributed by atoms with Crippen molar-refractivity contribution in [1.29, 1.82) is 0 Å². The third kappa shape index (κ3) is 3.55. The zero-order valence-electron chi connectivity index (χ0n) is 14.3. The Labute approximate surface area is 154 Å². The molecule has 2 amide bonds. The van der Waals surface area contributed by atoms with E-state index in [1.54, 1.807) is 36.9 Å². The number of nitrogens with one attached hydrogen (secondary N) is 1. The molecule has 0 spiro atoms. The number of methoxy groups -OCH3 is 2. The van der Waals surface area contributed by atoms with Crippen LogP contribution in [0.3, 0.4) is 0 Å². The van der Waals surface area contributed by atoms with Crippen molar-refractivity contribution in [3.05, 3.63) is 53.6 Å². The van der Waals surface area contributed by atoms with Crippen molar-refractivity contribution in [1.82, 2.24) is 4.90 Å². The van der Waals surface area contributed by atoms with Crippen molar-refractivity contribution in [3.63, 3.8) is 0 Å². The molecule has 3 rings (SSSR count). The van der Waals surface area contributed by atoms with Gasteiger partial charge in [0.1, 0.15) is 5.37 Å². The van der Waals surface area contributed by atoms with Gasteiger partial charge in [0.25, 0.3) is 0 Å². The Balaban J connectivity index is 1.84. The summed E-state index contributed by atoms with van der Waals surface area (Å²) in [6.45, 7) is 0.519. The molecule has 0 aliphatic carbocycles. The first-order valence-corrected chi connectivity index (χ1v) is 8.95. The Morgan fingerprint density at radius 2 is 2.00 bits per heavy atom. The number of carbonyl (C=O) groups excluding carboxylic acids is 1. The van der Waals surface area contributed by atoms with E-state index in [9.17, 15) is 13.6 Å². The lowest BCUT2D eigenvalue weighted by Crippen LogP contribution is -2.34. The van der Waals surface area contributed by atoms with Crippen molar-refractivity contribution in [2.24, 2.45) is 0 Å². The highest BCUT2D eigenvalue weighted by molar-refractivity contribution is 7.99. The molecule has 0 aromatic heterocycles. The van der Waals surface area contributed by atoms with E-state index in [0.717, 1.165) is 23.4 Å². The molecular formula is C18H18F2N2O3S. The predicted octanol–water partition coefficient (Wildman–Crippen LogP) is 4.26. The van der Waals surface area contributed by atoms with Gasteiger partial charge in [-0.15, -0.1) is 11.8 Å². The van der Waals surface area contributed by atoms with Crippen molar-refractivity contribution >= 4 is 23.5 Å². The number of rotatable bonds is 4. The van der Waals surface area contributed by atoms with Crippen LogP contribution in [0.2, 0.25) is 0 Å². The number of amides is 2. The molecule has 0 radical (unpaired) electrons. The van der Waals surface area contributed by atoms with Crippen LogP contribution in [0.1, 0.15) is 10.9 Å². The molecule has 0 unspecified atom stereocenters. The van der Waals surface area contributed by atoms with Gasteiger partial charge in [-0.2, -0.15) is 0 Å². The summed E-state index contributed by atoms with van der Waals surface area (Å²) in [7, 11) is 3.10. The second-order valence-corrected chi connectivity index (χ2v) is 6.75. The number of anilines is 1. The zero-order chi connectivity index (χ0) is 18.7. The quantitative estimate of drug-likeness (QED) is 0.861. The Morgan fingerprint density at radius 3 is 2.69 bits per heavy atom. The number of halogens is 2. The second-order valence-electron chi connectivity index (χ2n) is 5.56. The lowest BCUT2D eigenvalue weighted by atomic mass is 10.1. The van der Waals surface area contributed by atoms with E-state index in [0.29, 0.717) is 18.0 Å². The molecule has 5 nitrogen and oxygen atoms in total. The number of urea groups is 1. The second kappa shape index (κ2) is 7.82. The molecule has 1 heterocycles. The highest BCUT2D eigenvalue weighted by Gasteiger charge is 2.33. The van der Waals surface area contributed by atoms with Gasteiger partial charge in [0.15, 0.2) is 23.1 Å². The van der Waals surface area contributed by atoms with E-state index < -0.39 is 17.7 Å². The fourth-order valence-corrected chi connectivity index (χ4v) is 4.08. The highest BCUT2D eigenvalue weighted by atomic mass is 32.2. The van der Waals surface area contributed by atoms with Crippen LogP contribution in [0.15, 0.2) is 36.4 Å². The summed E-state index contributed by atoms with van der Waals surface area (Å²) in [5.41, 5.74) is 1.01. The van der Waals surface area contributed by atoms with E-state index in [1.165, 1.54) is 6.07 Å². The number of ether oxygens (including phenoxy) is 2. The largest absolute Gasteiger partial charge is 0.493 e. The van der Waals surface area contributed by atoms with Gasteiger partial charge in [-0.25, -0.2) is 13.6 Å². The Bertz CT molecular complexity index is 819. The summed E-state index contributed by atoms with van der Waals surface area (Å²) < 4.78 is 37.2. The smallest absolute Gasteiger partial charge is 0.323 e. The van der Waals surface area contributed by atoms with Gasteiger partial charge in [0, 0.05) is 29.6 Å². The monoisotopic (exact) mass is 380 g/mol. The first-order chi connectivity index (χ1) is 12.5. The average Bonchev–Trinajstić information content (AvgIpc) is 3.13. The van der Waals surface area contributed by atoms with Gasteiger partial charge in [-0.05, 0) is 18.2 Å². The standard InChI is InChI=1S/C18H18F2N2O3S/c1-24-15-5-3-4-12(16(15)25-2)17-22(8-9-26-17)18(23)21-11-6-7-13(19)14(20)10-11/h3-7,10,17H,8-9H2,1-2H3,(H,21,23)/t17-/m1/s1. The van der Waals surface area contributed by atoms with E-state index in [1.807, 2.05) is 12.1 Å². The summed E-state index contributed by atoms with van der Waals surface area (Å²) in [5.74, 6) is -0.0715.